The van der Waals surface area contributed by atoms with Crippen molar-refractivity contribution in [3.05, 3.63) is 53.6 Å². The van der Waals surface area contributed by atoms with Crippen LogP contribution in [0.5, 0.6) is 11.5 Å². The highest BCUT2D eigenvalue weighted by Gasteiger charge is 2.18. The van der Waals surface area contributed by atoms with Crippen LogP contribution in [0.3, 0.4) is 0 Å². The van der Waals surface area contributed by atoms with Crippen LogP contribution in [0.2, 0.25) is 0 Å². The van der Waals surface area contributed by atoms with E-state index in [9.17, 15) is 9.59 Å². The number of carbonyl (C=O) groups excluding carboxylic acids is 1. The highest BCUT2D eigenvalue weighted by Crippen LogP contribution is 2.36. The molecule has 2 aromatic rings. The van der Waals surface area contributed by atoms with Crippen molar-refractivity contribution in [2.75, 3.05) is 19.5 Å². The SMILES string of the molecule is COc1cc(C(=O)O)cc(NC(=O)OCc2ccccc2)c1OC. The second-order valence-corrected chi connectivity index (χ2v) is 4.75. The van der Waals surface area contributed by atoms with Crippen LogP contribution in [0.15, 0.2) is 42.5 Å². The van der Waals surface area contributed by atoms with E-state index in [0.29, 0.717) is 0 Å². The summed E-state index contributed by atoms with van der Waals surface area (Å²) >= 11 is 0. The summed E-state index contributed by atoms with van der Waals surface area (Å²) in [5, 5.41) is 11.6. The fraction of sp³-hybridized carbons (Fsp3) is 0.176. The average molecular weight is 331 g/mol. The van der Waals surface area contributed by atoms with E-state index in [1.165, 1.54) is 26.4 Å². The number of carboxylic acids is 1. The number of anilines is 1. The molecule has 1 amide bonds. The van der Waals surface area contributed by atoms with E-state index in [0.717, 1.165) is 5.56 Å². The predicted molar refractivity (Wildman–Crippen MR) is 86.8 cm³/mol. The van der Waals surface area contributed by atoms with Gasteiger partial charge in [-0.2, -0.15) is 0 Å². The third-order valence-corrected chi connectivity index (χ3v) is 3.18. The van der Waals surface area contributed by atoms with Gasteiger partial charge < -0.3 is 19.3 Å². The number of hydrogen-bond donors (Lipinski definition) is 2. The molecule has 24 heavy (non-hydrogen) atoms. The van der Waals surface area contributed by atoms with Crippen LogP contribution in [-0.2, 0) is 11.3 Å². The van der Waals surface area contributed by atoms with Crippen molar-refractivity contribution >= 4 is 17.7 Å². The molecule has 0 saturated heterocycles. The summed E-state index contributed by atoms with van der Waals surface area (Å²) in [5.74, 6) is -0.758. The van der Waals surface area contributed by atoms with Crippen molar-refractivity contribution in [1.82, 2.24) is 0 Å². The summed E-state index contributed by atoms with van der Waals surface area (Å²) < 4.78 is 15.4. The van der Waals surface area contributed by atoms with Gasteiger partial charge in [0.05, 0.1) is 25.5 Å². The van der Waals surface area contributed by atoms with Crippen molar-refractivity contribution in [3.63, 3.8) is 0 Å². The largest absolute Gasteiger partial charge is 0.493 e. The van der Waals surface area contributed by atoms with Gasteiger partial charge in [0.2, 0.25) is 0 Å². The molecule has 0 saturated carbocycles. The molecule has 2 N–H and O–H groups in total. The first-order valence-corrected chi connectivity index (χ1v) is 7.02. The predicted octanol–water partition coefficient (Wildman–Crippen LogP) is 3.15. The van der Waals surface area contributed by atoms with E-state index in [1.807, 2.05) is 30.3 Å². The minimum atomic E-state index is -1.16. The van der Waals surface area contributed by atoms with Crippen molar-refractivity contribution in [3.8, 4) is 11.5 Å². The molecule has 0 bridgehead atoms. The number of methoxy groups -OCH3 is 2. The first kappa shape index (κ1) is 17.1. The zero-order valence-electron chi connectivity index (χ0n) is 13.2. The number of carboxylic acid groups (broad SMARTS) is 1. The van der Waals surface area contributed by atoms with E-state index < -0.39 is 12.1 Å². The lowest BCUT2D eigenvalue weighted by Gasteiger charge is -2.14. The Morgan fingerprint density at radius 3 is 2.38 bits per heavy atom. The molecule has 0 aliphatic carbocycles. The third kappa shape index (κ3) is 4.16. The van der Waals surface area contributed by atoms with E-state index >= 15 is 0 Å². The fourth-order valence-corrected chi connectivity index (χ4v) is 2.05. The monoisotopic (exact) mass is 331 g/mol. The molecule has 0 atom stereocenters. The van der Waals surface area contributed by atoms with Crippen molar-refractivity contribution < 1.29 is 28.9 Å². The summed E-state index contributed by atoms with van der Waals surface area (Å²) in [6.07, 6.45) is -0.734. The standard InChI is InChI=1S/C17H17NO6/c1-22-14-9-12(16(19)20)8-13(15(14)23-2)18-17(21)24-10-11-6-4-3-5-7-11/h3-9H,10H2,1-2H3,(H,18,21)(H,19,20). The number of nitrogens with one attached hydrogen (secondary N) is 1. The van der Waals surface area contributed by atoms with Gasteiger partial charge in [0.25, 0.3) is 0 Å². The second-order valence-electron chi connectivity index (χ2n) is 4.75. The van der Waals surface area contributed by atoms with Gasteiger partial charge in [-0.1, -0.05) is 30.3 Å². The van der Waals surface area contributed by atoms with Crippen LogP contribution >= 0.6 is 0 Å². The summed E-state index contributed by atoms with van der Waals surface area (Å²) in [6, 6.07) is 11.7. The maximum atomic E-state index is 12.0. The zero-order chi connectivity index (χ0) is 17.5. The van der Waals surface area contributed by atoms with Gasteiger partial charge in [-0.05, 0) is 17.7 Å². The van der Waals surface area contributed by atoms with Crippen LogP contribution in [0.4, 0.5) is 10.5 Å². The molecule has 0 aromatic heterocycles. The van der Waals surface area contributed by atoms with Crippen molar-refractivity contribution in [1.29, 1.82) is 0 Å². The van der Waals surface area contributed by atoms with E-state index in [-0.39, 0.29) is 29.4 Å². The Bertz CT molecular complexity index is 729. The molecule has 2 rings (SSSR count). The molecule has 0 aliphatic heterocycles. The molecule has 0 spiro atoms. The molecule has 7 heteroatoms. The second kappa shape index (κ2) is 7.87. The molecule has 0 heterocycles. The first-order chi connectivity index (χ1) is 11.5. The number of rotatable bonds is 6. The van der Waals surface area contributed by atoms with Crippen molar-refractivity contribution in [2.45, 2.75) is 6.61 Å². The van der Waals surface area contributed by atoms with E-state index in [1.54, 1.807) is 0 Å². The van der Waals surface area contributed by atoms with Crippen LogP contribution in [0.25, 0.3) is 0 Å². The van der Waals surface area contributed by atoms with Crippen LogP contribution < -0.4 is 14.8 Å². The van der Waals surface area contributed by atoms with Gasteiger partial charge >= 0.3 is 12.1 Å². The van der Waals surface area contributed by atoms with Crippen LogP contribution in [-0.4, -0.2) is 31.4 Å². The number of hydrogen-bond acceptors (Lipinski definition) is 5. The molecule has 0 radical (unpaired) electrons. The van der Waals surface area contributed by atoms with Crippen LogP contribution in [0.1, 0.15) is 15.9 Å². The Balaban J connectivity index is 2.16. The molecule has 2 aromatic carbocycles. The molecule has 0 aliphatic rings. The average Bonchev–Trinajstić information content (AvgIpc) is 2.60. The zero-order valence-corrected chi connectivity index (χ0v) is 13.2. The summed E-state index contributed by atoms with van der Waals surface area (Å²) in [6.45, 7) is 0.0880. The van der Waals surface area contributed by atoms with Gasteiger partial charge in [-0.25, -0.2) is 9.59 Å². The topological polar surface area (TPSA) is 94.1 Å². The highest BCUT2D eigenvalue weighted by molar-refractivity contribution is 5.94. The first-order valence-electron chi connectivity index (χ1n) is 7.02. The maximum absolute atomic E-state index is 12.0. The number of benzene rings is 2. The summed E-state index contributed by atoms with van der Waals surface area (Å²) in [5.41, 5.74) is 0.926. The Kier molecular flexibility index (Phi) is 5.62. The summed E-state index contributed by atoms with van der Waals surface area (Å²) in [4.78, 5) is 23.1. The lowest BCUT2D eigenvalue weighted by atomic mass is 10.1. The highest BCUT2D eigenvalue weighted by atomic mass is 16.5. The quantitative estimate of drug-likeness (QED) is 0.844. The normalized spacial score (nSPS) is 9.92. The number of ether oxygens (including phenoxy) is 3. The van der Waals surface area contributed by atoms with E-state index in [4.69, 9.17) is 19.3 Å². The maximum Gasteiger partial charge on any atom is 0.412 e. The van der Waals surface area contributed by atoms with Gasteiger partial charge in [-0.3, -0.25) is 5.32 Å². The Hall–Kier alpha value is -3.22. The Morgan fingerprint density at radius 2 is 1.79 bits per heavy atom. The van der Waals surface area contributed by atoms with Gasteiger partial charge in [0.15, 0.2) is 11.5 Å². The molecule has 7 nitrogen and oxygen atoms in total. The van der Waals surface area contributed by atoms with Gasteiger partial charge in [0.1, 0.15) is 6.61 Å². The minimum Gasteiger partial charge on any atom is -0.493 e. The van der Waals surface area contributed by atoms with E-state index in [2.05, 4.69) is 5.32 Å². The number of aromatic carboxylic acids is 1. The summed E-state index contributed by atoms with van der Waals surface area (Å²) in [7, 11) is 2.76. The molecule has 0 unspecified atom stereocenters. The van der Waals surface area contributed by atoms with Crippen molar-refractivity contribution in [2.24, 2.45) is 0 Å². The minimum absolute atomic E-state index is 0.0500. The molecular formula is C17H17NO6. The molecule has 126 valence electrons. The number of amides is 1. The fourth-order valence-electron chi connectivity index (χ4n) is 2.05. The lowest BCUT2D eigenvalue weighted by molar-refractivity contribution is 0.0696. The Morgan fingerprint density at radius 1 is 1.08 bits per heavy atom. The van der Waals surface area contributed by atoms with Gasteiger partial charge in [0, 0.05) is 0 Å². The molecular weight excluding hydrogens is 314 g/mol. The third-order valence-electron chi connectivity index (χ3n) is 3.18. The number of carbonyl (C=O) groups is 2. The van der Waals surface area contributed by atoms with Gasteiger partial charge in [-0.15, -0.1) is 0 Å². The smallest absolute Gasteiger partial charge is 0.412 e. The Labute approximate surface area is 138 Å². The van der Waals surface area contributed by atoms with Crippen LogP contribution in [0, 0.1) is 0 Å². The lowest BCUT2D eigenvalue weighted by Crippen LogP contribution is -2.15. The molecule has 0 fully saturated rings.